The molecule has 31 heavy (non-hydrogen) atoms. The molecular weight excluding hydrogens is 388 g/mol. The molecule has 3 aliphatic rings. The monoisotopic (exact) mass is 426 g/mol. The molecule has 0 spiro atoms. The van der Waals surface area contributed by atoms with E-state index in [-0.39, 0.29) is 0 Å². The van der Waals surface area contributed by atoms with Crippen molar-refractivity contribution in [3.05, 3.63) is 17.6 Å². The van der Waals surface area contributed by atoms with Crippen LogP contribution in [0.4, 0.5) is 5.82 Å². The van der Waals surface area contributed by atoms with Crippen molar-refractivity contribution in [2.24, 2.45) is 0 Å². The van der Waals surface area contributed by atoms with E-state index in [1.165, 1.54) is 45.2 Å². The normalized spacial score (nSPS) is 23.1. The van der Waals surface area contributed by atoms with Crippen LogP contribution in [0.3, 0.4) is 0 Å². The van der Waals surface area contributed by atoms with Gasteiger partial charge in [-0.1, -0.05) is 26.2 Å². The van der Waals surface area contributed by atoms with Crippen LogP contribution in [-0.4, -0.2) is 99.2 Å². The Bertz CT molecular complexity index is 858. The summed E-state index contributed by atoms with van der Waals surface area (Å²) in [5, 5.41) is 4.90. The fourth-order valence-corrected chi connectivity index (χ4v) is 5.53. The Morgan fingerprint density at radius 2 is 1.58 bits per heavy atom. The van der Waals surface area contributed by atoms with Crippen molar-refractivity contribution in [1.29, 1.82) is 0 Å². The summed E-state index contributed by atoms with van der Waals surface area (Å²) < 4.78 is 1.97. The molecule has 0 radical (unpaired) electrons. The largest absolute Gasteiger partial charge is 0.354 e. The van der Waals surface area contributed by atoms with Gasteiger partial charge in [-0.3, -0.25) is 9.80 Å². The van der Waals surface area contributed by atoms with Gasteiger partial charge in [0.25, 0.3) is 5.78 Å². The Morgan fingerprint density at radius 1 is 0.871 bits per heavy atom. The number of likely N-dealkylation sites (N-methyl/N-ethyl adjacent to an activating group) is 1. The lowest BCUT2D eigenvalue weighted by atomic mass is 9.94. The summed E-state index contributed by atoms with van der Waals surface area (Å²) >= 11 is 0. The van der Waals surface area contributed by atoms with Crippen LogP contribution < -0.4 is 4.90 Å². The maximum atomic E-state index is 4.90. The third kappa shape index (κ3) is 4.71. The minimum atomic E-state index is 0.740. The van der Waals surface area contributed by atoms with E-state index in [9.17, 15) is 0 Å². The Labute approximate surface area is 186 Å². The van der Waals surface area contributed by atoms with Crippen LogP contribution >= 0.6 is 0 Å². The molecule has 8 nitrogen and oxygen atoms in total. The quantitative estimate of drug-likeness (QED) is 0.725. The van der Waals surface area contributed by atoms with Crippen LogP contribution in [0.2, 0.25) is 0 Å². The maximum absolute atomic E-state index is 4.90. The second-order valence-corrected chi connectivity index (χ2v) is 9.52. The van der Waals surface area contributed by atoms with Gasteiger partial charge >= 0.3 is 0 Å². The highest BCUT2D eigenvalue weighted by molar-refractivity contribution is 5.48. The molecule has 2 aromatic rings. The van der Waals surface area contributed by atoms with Gasteiger partial charge in [-0.05, 0) is 26.3 Å². The number of fused-ring (bicyclic) bond motifs is 1. The van der Waals surface area contributed by atoms with Crippen molar-refractivity contribution >= 4 is 11.6 Å². The first-order valence-electron chi connectivity index (χ1n) is 12.4. The lowest BCUT2D eigenvalue weighted by Gasteiger charge is -2.40. The molecule has 0 amide bonds. The van der Waals surface area contributed by atoms with Crippen LogP contribution in [0, 0.1) is 6.92 Å². The number of nitrogens with zero attached hydrogens (tertiary/aromatic N) is 8. The van der Waals surface area contributed by atoms with Gasteiger partial charge in [0.15, 0.2) is 5.82 Å². The van der Waals surface area contributed by atoms with E-state index in [2.05, 4.69) is 44.5 Å². The predicted molar refractivity (Wildman–Crippen MR) is 124 cm³/mol. The van der Waals surface area contributed by atoms with E-state index < -0.39 is 0 Å². The second-order valence-electron chi connectivity index (χ2n) is 9.52. The van der Waals surface area contributed by atoms with Crippen molar-refractivity contribution in [2.45, 2.75) is 58.5 Å². The number of aryl methyl sites for hydroxylation is 1. The molecule has 0 bridgehead atoms. The highest BCUT2D eigenvalue weighted by Crippen LogP contribution is 2.24. The lowest BCUT2D eigenvalue weighted by Crippen LogP contribution is -2.50. The van der Waals surface area contributed by atoms with Gasteiger partial charge in [-0.25, -0.2) is 4.98 Å². The average Bonchev–Trinajstić information content (AvgIpc) is 3.21. The van der Waals surface area contributed by atoms with Crippen LogP contribution in [0.1, 0.15) is 50.5 Å². The highest BCUT2D eigenvalue weighted by atomic mass is 15.4. The molecule has 0 N–H and O–H groups in total. The van der Waals surface area contributed by atoms with E-state index in [4.69, 9.17) is 10.1 Å². The number of aromatic nitrogens is 4. The molecule has 1 saturated carbocycles. The Balaban J connectivity index is 1.25. The number of hydrogen-bond donors (Lipinski definition) is 0. The molecule has 2 aromatic heterocycles. The smallest absolute Gasteiger partial charge is 0.254 e. The molecule has 0 atom stereocenters. The van der Waals surface area contributed by atoms with Gasteiger partial charge in [0, 0.05) is 70.2 Å². The molecule has 5 rings (SSSR count). The predicted octanol–water partition coefficient (Wildman–Crippen LogP) is 2.02. The van der Waals surface area contributed by atoms with Crippen LogP contribution in [0.5, 0.6) is 0 Å². The lowest BCUT2D eigenvalue weighted by molar-refractivity contribution is 0.0743. The van der Waals surface area contributed by atoms with Crippen molar-refractivity contribution in [3.63, 3.8) is 0 Å². The van der Waals surface area contributed by atoms with Crippen molar-refractivity contribution in [1.82, 2.24) is 34.3 Å². The molecule has 1 aliphatic carbocycles. The Morgan fingerprint density at radius 3 is 2.29 bits per heavy atom. The Hall–Kier alpha value is -1.77. The molecule has 2 saturated heterocycles. The molecule has 170 valence electrons. The third-order valence-electron chi connectivity index (χ3n) is 7.47. The third-order valence-corrected chi connectivity index (χ3v) is 7.47. The summed E-state index contributed by atoms with van der Waals surface area (Å²) in [6.45, 7) is 15.1. The van der Waals surface area contributed by atoms with Gasteiger partial charge in [-0.15, -0.1) is 5.10 Å². The number of piperazine rings is 2. The average molecular weight is 427 g/mol. The number of anilines is 1. The maximum Gasteiger partial charge on any atom is 0.254 e. The zero-order valence-corrected chi connectivity index (χ0v) is 19.3. The SMILES string of the molecule is CCN1CCN(c2cc(C)nc3nc(CN4CCN(C5CCCCC5)CC4)nn23)CC1. The summed E-state index contributed by atoms with van der Waals surface area (Å²) in [7, 11) is 0. The summed E-state index contributed by atoms with van der Waals surface area (Å²) in [5.41, 5.74) is 1.01. The van der Waals surface area contributed by atoms with E-state index >= 15 is 0 Å². The minimum Gasteiger partial charge on any atom is -0.354 e. The van der Waals surface area contributed by atoms with Gasteiger partial charge in [0.05, 0.1) is 6.54 Å². The Kier molecular flexibility index (Phi) is 6.39. The summed E-state index contributed by atoms with van der Waals surface area (Å²) in [6, 6.07) is 2.99. The number of hydrogen-bond acceptors (Lipinski definition) is 7. The zero-order valence-electron chi connectivity index (χ0n) is 19.3. The molecule has 8 heteroatoms. The van der Waals surface area contributed by atoms with Gasteiger partial charge in [0.1, 0.15) is 5.82 Å². The second kappa shape index (κ2) is 9.38. The molecule has 4 heterocycles. The van der Waals surface area contributed by atoms with E-state index in [0.717, 1.165) is 81.5 Å². The standard InChI is InChI=1S/C23H38N8/c1-3-27-9-15-30(16-10-27)22-17-19(2)24-23-25-21(26-31(22)23)18-28-11-13-29(14-12-28)20-7-5-4-6-8-20/h17,20H,3-16,18H2,1-2H3. The summed E-state index contributed by atoms with van der Waals surface area (Å²) in [6.07, 6.45) is 7.05. The van der Waals surface area contributed by atoms with Gasteiger partial charge < -0.3 is 9.80 Å². The topological polar surface area (TPSA) is 56.0 Å². The summed E-state index contributed by atoms with van der Waals surface area (Å²) in [4.78, 5) is 19.7. The molecule has 0 unspecified atom stereocenters. The fourth-order valence-electron chi connectivity index (χ4n) is 5.53. The minimum absolute atomic E-state index is 0.740. The zero-order chi connectivity index (χ0) is 21.2. The highest BCUT2D eigenvalue weighted by Gasteiger charge is 2.26. The van der Waals surface area contributed by atoms with Gasteiger partial charge in [0.2, 0.25) is 0 Å². The first kappa shape index (κ1) is 21.1. The van der Waals surface area contributed by atoms with E-state index in [1.807, 2.05) is 4.52 Å². The van der Waals surface area contributed by atoms with Crippen molar-refractivity contribution in [3.8, 4) is 0 Å². The van der Waals surface area contributed by atoms with Gasteiger partial charge in [-0.2, -0.15) is 9.50 Å². The molecule has 0 aromatic carbocycles. The first-order chi connectivity index (χ1) is 15.2. The van der Waals surface area contributed by atoms with E-state index in [1.54, 1.807) is 0 Å². The summed E-state index contributed by atoms with van der Waals surface area (Å²) in [5.74, 6) is 2.78. The molecule has 2 aliphatic heterocycles. The molecular formula is C23H38N8. The van der Waals surface area contributed by atoms with Crippen LogP contribution in [-0.2, 0) is 6.54 Å². The van der Waals surface area contributed by atoms with Crippen molar-refractivity contribution in [2.75, 3.05) is 63.8 Å². The first-order valence-corrected chi connectivity index (χ1v) is 12.4. The molecule has 3 fully saturated rings. The van der Waals surface area contributed by atoms with Crippen LogP contribution in [0.25, 0.3) is 5.78 Å². The fraction of sp³-hybridized carbons (Fsp3) is 0.783. The van der Waals surface area contributed by atoms with E-state index in [0.29, 0.717) is 0 Å². The van der Waals surface area contributed by atoms with Crippen molar-refractivity contribution < 1.29 is 0 Å². The van der Waals surface area contributed by atoms with Crippen LogP contribution in [0.15, 0.2) is 6.07 Å². The number of rotatable bonds is 5.